The molecule has 0 atom stereocenters. The fraction of sp³-hybridized carbons (Fsp3) is 0.312. The number of carbonyl (C=O) groups excluding carboxylic acids is 1. The van der Waals surface area contributed by atoms with Crippen molar-refractivity contribution in [3.8, 4) is 11.8 Å². The van der Waals surface area contributed by atoms with Crippen LogP contribution in [0.5, 0.6) is 11.8 Å². The van der Waals surface area contributed by atoms with E-state index in [2.05, 4.69) is 22.1 Å². The Bertz CT molecular complexity index is 600. The van der Waals surface area contributed by atoms with Gasteiger partial charge in [0.1, 0.15) is 0 Å². The SMILES string of the molecule is COc1cnc(C(=O)CCCc2ccccc2)c(OC)n1. The molecule has 0 saturated carbocycles. The topological polar surface area (TPSA) is 61.3 Å². The lowest BCUT2D eigenvalue weighted by atomic mass is 10.1. The minimum atomic E-state index is -0.0714. The van der Waals surface area contributed by atoms with E-state index in [1.54, 1.807) is 0 Å². The van der Waals surface area contributed by atoms with Crippen LogP contribution >= 0.6 is 0 Å². The highest BCUT2D eigenvalue weighted by molar-refractivity contribution is 5.96. The van der Waals surface area contributed by atoms with E-state index in [-0.39, 0.29) is 17.4 Å². The summed E-state index contributed by atoms with van der Waals surface area (Å²) in [5, 5.41) is 0. The summed E-state index contributed by atoms with van der Waals surface area (Å²) < 4.78 is 10.1. The summed E-state index contributed by atoms with van der Waals surface area (Å²) in [5.41, 5.74) is 1.48. The van der Waals surface area contributed by atoms with Crippen molar-refractivity contribution in [3.63, 3.8) is 0 Å². The van der Waals surface area contributed by atoms with Crippen LogP contribution in [0.25, 0.3) is 0 Å². The second-order valence-corrected chi connectivity index (χ2v) is 4.53. The van der Waals surface area contributed by atoms with Gasteiger partial charge in [-0.1, -0.05) is 30.3 Å². The van der Waals surface area contributed by atoms with Gasteiger partial charge in [-0.15, -0.1) is 0 Å². The Morgan fingerprint density at radius 2 is 1.90 bits per heavy atom. The minimum absolute atomic E-state index is 0.0714. The maximum Gasteiger partial charge on any atom is 0.246 e. The maximum atomic E-state index is 12.2. The Morgan fingerprint density at radius 1 is 1.14 bits per heavy atom. The summed E-state index contributed by atoms with van der Waals surface area (Å²) in [7, 11) is 2.95. The number of hydrogen-bond donors (Lipinski definition) is 0. The van der Waals surface area contributed by atoms with Crippen LogP contribution in [-0.4, -0.2) is 30.0 Å². The largest absolute Gasteiger partial charge is 0.480 e. The highest BCUT2D eigenvalue weighted by atomic mass is 16.5. The molecule has 2 aromatic rings. The first-order chi connectivity index (χ1) is 10.2. The van der Waals surface area contributed by atoms with Gasteiger partial charge in [0.05, 0.1) is 20.4 Å². The van der Waals surface area contributed by atoms with Crippen molar-refractivity contribution in [1.29, 1.82) is 0 Å². The van der Waals surface area contributed by atoms with Gasteiger partial charge in [0, 0.05) is 6.42 Å². The Balaban J connectivity index is 1.97. The normalized spacial score (nSPS) is 10.2. The molecule has 0 spiro atoms. The number of rotatable bonds is 7. The van der Waals surface area contributed by atoms with Crippen LogP contribution in [0.4, 0.5) is 0 Å². The van der Waals surface area contributed by atoms with Crippen LogP contribution in [-0.2, 0) is 6.42 Å². The van der Waals surface area contributed by atoms with Crippen LogP contribution in [0.15, 0.2) is 36.5 Å². The first-order valence-corrected chi connectivity index (χ1v) is 6.76. The third kappa shape index (κ3) is 4.02. The summed E-state index contributed by atoms with van der Waals surface area (Å²) >= 11 is 0. The standard InChI is InChI=1S/C16H18N2O3/c1-20-14-11-17-15(16(18-14)21-2)13(19)10-6-9-12-7-4-3-5-8-12/h3-5,7-8,11H,6,9-10H2,1-2H3. The predicted molar refractivity (Wildman–Crippen MR) is 78.8 cm³/mol. The number of ketones is 1. The fourth-order valence-corrected chi connectivity index (χ4v) is 2.00. The monoisotopic (exact) mass is 286 g/mol. The van der Waals surface area contributed by atoms with Crippen LogP contribution in [0.1, 0.15) is 28.9 Å². The van der Waals surface area contributed by atoms with Gasteiger partial charge in [-0.2, -0.15) is 4.98 Å². The molecule has 0 aliphatic rings. The quantitative estimate of drug-likeness (QED) is 0.732. The molecule has 5 nitrogen and oxygen atoms in total. The molecule has 0 saturated heterocycles. The van der Waals surface area contributed by atoms with E-state index in [9.17, 15) is 4.79 Å². The number of Topliss-reactive ketones (excluding diaryl/α,β-unsaturated/α-hetero) is 1. The molecule has 0 aliphatic heterocycles. The molecule has 0 amide bonds. The smallest absolute Gasteiger partial charge is 0.246 e. The molecular weight excluding hydrogens is 268 g/mol. The molecule has 21 heavy (non-hydrogen) atoms. The number of carbonyl (C=O) groups is 1. The van der Waals surface area contributed by atoms with Crippen molar-refractivity contribution in [2.45, 2.75) is 19.3 Å². The van der Waals surface area contributed by atoms with Crippen LogP contribution in [0.3, 0.4) is 0 Å². The average Bonchev–Trinajstić information content (AvgIpc) is 2.55. The number of methoxy groups -OCH3 is 2. The number of benzene rings is 1. The van der Waals surface area contributed by atoms with Crippen molar-refractivity contribution in [2.75, 3.05) is 14.2 Å². The molecular formula is C16H18N2O3. The number of aryl methyl sites for hydroxylation is 1. The van der Waals surface area contributed by atoms with E-state index in [1.807, 2.05) is 18.2 Å². The van der Waals surface area contributed by atoms with Crippen LogP contribution in [0, 0.1) is 0 Å². The van der Waals surface area contributed by atoms with Crippen molar-refractivity contribution in [2.24, 2.45) is 0 Å². The molecule has 1 heterocycles. The minimum Gasteiger partial charge on any atom is -0.480 e. The third-order valence-electron chi connectivity index (χ3n) is 3.10. The first kappa shape index (κ1) is 15.0. The molecule has 5 heteroatoms. The summed E-state index contributed by atoms with van der Waals surface area (Å²) in [4.78, 5) is 20.3. The molecule has 1 aromatic heterocycles. The summed E-state index contributed by atoms with van der Waals surface area (Å²) in [6, 6.07) is 10.1. The fourth-order valence-electron chi connectivity index (χ4n) is 2.00. The van der Waals surface area contributed by atoms with Gasteiger partial charge in [-0.05, 0) is 18.4 Å². The molecule has 0 bridgehead atoms. The number of nitrogens with zero attached hydrogens (tertiary/aromatic N) is 2. The van der Waals surface area contributed by atoms with Crippen LogP contribution in [0.2, 0.25) is 0 Å². The van der Waals surface area contributed by atoms with E-state index in [0.717, 1.165) is 12.8 Å². The van der Waals surface area contributed by atoms with Crippen molar-refractivity contribution >= 4 is 5.78 Å². The lowest BCUT2D eigenvalue weighted by molar-refractivity contribution is 0.0971. The summed E-state index contributed by atoms with van der Waals surface area (Å²) in [6.45, 7) is 0. The zero-order valence-corrected chi connectivity index (χ0v) is 12.2. The van der Waals surface area contributed by atoms with Gasteiger partial charge in [0.15, 0.2) is 11.5 Å². The van der Waals surface area contributed by atoms with E-state index < -0.39 is 0 Å². The second-order valence-electron chi connectivity index (χ2n) is 4.53. The van der Waals surface area contributed by atoms with Gasteiger partial charge >= 0.3 is 0 Å². The molecule has 1 aromatic carbocycles. The van der Waals surface area contributed by atoms with Crippen LogP contribution < -0.4 is 9.47 Å². The van der Waals surface area contributed by atoms with Gasteiger partial charge in [0.2, 0.25) is 11.8 Å². The first-order valence-electron chi connectivity index (χ1n) is 6.76. The van der Waals surface area contributed by atoms with Gasteiger partial charge < -0.3 is 9.47 Å². The van der Waals surface area contributed by atoms with Crippen molar-refractivity contribution in [1.82, 2.24) is 9.97 Å². The molecule has 0 fully saturated rings. The summed E-state index contributed by atoms with van der Waals surface area (Å²) in [6.07, 6.45) is 3.46. The highest BCUT2D eigenvalue weighted by Gasteiger charge is 2.16. The maximum absolute atomic E-state index is 12.2. The van der Waals surface area contributed by atoms with E-state index in [4.69, 9.17) is 9.47 Å². The summed E-state index contributed by atoms with van der Waals surface area (Å²) in [5.74, 6) is 0.463. The van der Waals surface area contributed by atoms with E-state index in [1.165, 1.54) is 26.0 Å². The third-order valence-corrected chi connectivity index (χ3v) is 3.10. The lowest BCUT2D eigenvalue weighted by Gasteiger charge is -2.07. The average molecular weight is 286 g/mol. The zero-order valence-electron chi connectivity index (χ0n) is 12.2. The molecule has 2 rings (SSSR count). The number of hydrogen-bond acceptors (Lipinski definition) is 5. The molecule has 0 aliphatic carbocycles. The second kappa shape index (κ2) is 7.38. The predicted octanol–water partition coefficient (Wildman–Crippen LogP) is 2.70. The molecule has 0 unspecified atom stereocenters. The Morgan fingerprint density at radius 3 is 2.57 bits per heavy atom. The number of aromatic nitrogens is 2. The van der Waals surface area contributed by atoms with Gasteiger partial charge in [-0.25, -0.2) is 4.98 Å². The molecule has 0 N–H and O–H groups in total. The zero-order chi connectivity index (χ0) is 15.1. The van der Waals surface area contributed by atoms with E-state index in [0.29, 0.717) is 12.3 Å². The van der Waals surface area contributed by atoms with Gasteiger partial charge in [0.25, 0.3) is 0 Å². The Labute approximate surface area is 124 Å². The van der Waals surface area contributed by atoms with Gasteiger partial charge in [-0.3, -0.25) is 4.79 Å². The Kier molecular flexibility index (Phi) is 5.26. The van der Waals surface area contributed by atoms with E-state index >= 15 is 0 Å². The lowest BCUT2D eigenvalue weighted by Crippen LogP contribution is -2.08. The van der Waals surface area contributed by atoms with Crippen molar-refractivity contribution < 1.29 is 14.3 Å². The Hall–Kier alpha value is -2.43. The molecule has 110 valence electrons. The molecule has 0 radical (unpaired) electrons. The highest BCUT2D eigenvalue weighted by Crippen LogP contribution is 2.19. The number of ether oxygens (including phenoxy) is 2. The van der Waals surface area contributed by atoms with Crippen molar-refractivity contribution in [3.05, 3.63) is 47.8 Å².